The van der Waals surface area contributed by atoms with Crippen molar-refractivity contribution in [2.24, 2.45) is 0 Å². The molecule has 0 spiro atoms. The maximum atomic E-state index is 4.53. The first-order chi connectivity index (χ1) is 6.79. The number of aryl methyl sites for hydroxylation is 1. The van der Waals surface area contributed by atoms with Crippen LogP contribution in [0.3, 0.4) is 0 Å². The highest BCUT2D eigenvalue weighted by Gasteiger charge is 2.02. The SMILES string of the molecule is CCc1nc(-c2ccc(Br)cc2)cs1. The van der Waals surface area contributed by atoms with Gasteiger partial charge in [-0.15, -0.1) is 11.3 Å². The van der Waals surface area contributed by atoms with Crippen LogP contribution in [0, 0.1) is 0 Å². The predicted octanol–water partition coefficient (Wildman–Crippen LogP) is 4.14. The second-order valence-corrected chi connectivity index (χ2v) is 4.85. The molecule has 1 aromatic heterocycles. The highest BCUT2D eigenvalue weighted by atomic mass is 79.9. The summed E-state index contributed by atoms with van der Waals surface area (Å²) in [6, 6.07) is 8.25. The van der Waals surface area contributed by atoms with E-state index in [1.807, 2.05) is 12.1 Å². The van der Waals surface area contributed by atoms with Crippen molar-refractivity contribution in [3.63, 3.8) is 0 Å². The van der Waals surface area contributed by atoms with Gasteiger partial charge in [-0.1, -0.05) is 35.0 Å². The molecule has 72 valence electrons. The first-order valence-corrected chi connectivity index (χ1v) is 6.17. The van der Waals surface area contributed by atoms with Gasteiger partial charge >= 0.3 is 0 Å². The summed E-state index contributed by atoms with van der Waals surface area (Å²) in [6.07, 6.45) is 1.02. The van der Waals surface area contributed by atoms with Crippen molar-refractivity contribution >= 4 is 27.3 Å². The highest BCUT2D eigenvalue weighted by Crippen LogP contribution is 2.23. The van der Waals surface area contributed by atoms with Gasteiger partial charge < -0.3 is 0 Å². The van der Waals surface area contributed by atoms with Gasteiger partial charge in [-0.25, -0.2) is 4.98 Å². The van der Waals surface area contributed by atoms with Crippen molar-refractivity contribution in [2.45, 2.75) is 13.3 Å². The van der Waals surface area contributed by atoms with Crippen LogP contribution in [0.25, 0.3) is 11.3 Å². The Morgan fingerprint density at radius 1 is 1.29 bits per heavy atom. The lowest BCUT2D eigenvalue weighted by Crippen LogP contribution is -1.79. The van der Waals surface area contributed by atoms with Gasteiger partial charge in [0.1, 0.15) is 0 Å². The van der Waals surface area contributed by atoms with Crippen molar-refractivity contribution < 1.29 is 0 Å². The molecule has 0 saturated heterocycles. The minimum Gasteiger partial charge on any atom is -0.241 e. The first-order valence-electron chi connectivity index (χ1n) is 4.50. The number of rotatable bonds is 2. The van der Waals surface area contributed by atoms with Crippen molar-refractivity contribution in [3.8, 4) is 11.3 Å². The summed E-state index contributed by atoms with van der Waals surface area (Å²) >= 11 is 5.14. The van der Waals surface area contributed by atoms with E-state index in [0.29, 0.717) is 0 Å². The summed E-state index contributed by atoms with van der Waals surface area (Å²) in [7, 11) is 0. The third-order valence-corrected chi connectivity index (χ3v) is 3.52. The first kappa shape index (κ1) is 9.87. The fourth-order valence-corrected chi connectivity index (χ4v) is 2.25. The normalized spacial score (nSPS) is 10.4. The number of thiazole rings is 1. The topological polar surface area (TPSA) is 12.9 Å². The third-order valence-electron chi connectivity index (χ3n) is 1.99. The average Bonchev–Trinajstić information content (AvgIpc) is 2.67. The van der Waals surface area contributed by atoms with E-state index in [1.165, 1.54) is 10.6 Å². The van der Waals surface area contributed by atoms with Gasteiger partial charge in [0, 0.05) is 15.4 Å². The van der Waals surface area contributed by atoms with Crippen molar-refractivity contribution in [2.75, 3.05) is 0 Å². The molecule has 0 aliphatic carbocycles. The zero-order valence-corrected chi connectivity index (χ0v) is 10.2. The maximum Gasteiger partial charge on any atom is 0.0929 e. The van der Waals surface area contributed by atoms with Gasteiger partial charge in [0.2, 0.25) is 0 Å². The quantitative estimate of drug-likeness (QED) is 0.797. The van der Waals surface area contributed by atoms with Gasteiger partial charge in [-0.2, -0.15) is 0 Å². The maximum absolute atomic E-state index is 4.53. The number of benzene rings is 1. The third kappa shape index (κ3) is 2.04. The Morgan fingerprint density at radius 2 is 2.00 bits per heavy atom. The van der Waals surface area contributed by atoms with Gasteiger partial charge in [-0.3, -0.25) is 0 Å². The molecule has 0 radical (unpaired) electrons. The van der Waals surface area contributed by atoms with Crippen LogP contribution < -0.4 is 0 Å². The largest absolute Gasteiger partial charge is 0.241 e. The van der Waals surface area contributed by atoms with Crippen LogP contribution in [0.15, 0.2) is 34.1 Å². The molecule has 1 aromatic carbocycles. The fraction of sp³-hybridized carbons (Fsp3) is 0.182. The molecule has 0 atom stereocenters. The summed E-state index contributed by atoms with van der Waals surface area (Å²) in [5.41, 5.74) is 2.27. The lowest BCUT2D eigenvalue weighted by Gasteiger charge is -1.95. The van der Waals surface area contributed by atoms with Crippen LogP contribution in [0.2, 0.25) is 0 Å². The Balaban J connectivity index is 2.34. The molecule has 0 aliphatic heterocycles. The van der Waals surface area contributed by atoms with Crippen molar-refractivity contribution in [1.29, 1.82) is 0 Å². The molecule has 0 aliphatic rings. The Kier molecular flexibility index (Phi) is 2.99. The van der Waals surface area contributed by atoms with Gasteiger partial charge in [0.15, 0.2) is 0 Å². The van der Waals surface area contributed by atoms with E-state index in [9.17, 15) is 0 Å². The minimum atomic E-state index is 1.02. The Morgan fingerprint density at radius 3 is 2.57 bits per heavy atom. The fourth-order valence-electron chi connectivity index (χ4n) is 1.23. The van der Waals surface area contributed by atoms with Gasteiger partial charge in [-0.05, 0) is 18.6 Å². The molecule has 2 aromatic rings. The van der Waals surface area contributed by atoms with Crippen LogP contribution in [-0.4, -0.2) is 4.98 Å². The summed E-state index contributed by atoms with van der Waals surface area (Å²) in [5.74, 6) is 0. The molecule has 0 amide bonds. The molecule has 0 fully saturated rings. The smallest absolute Gasteiger partial charge is 0.0929 e. The van der Waals surface area contributed by atoms with Crippen LogP contribution in [-0.2, 0) is 6.42 Å². The molecule has 3 heteroatoms. The van der Waals surface area contributed by atoms with E-state index in [2.05, 4.69) is 45.4 Å². The average molecular weight is 268 g/mol. The molecule has 2 rings (SSSR count). The van der Waals surface area contributed by atoms with Crippen LogP contribution in [0.4, 0.5) is 0 Å². The molecule has 1 nitrogen and oxygen atoms in total. The van der Waals surface area contributed by atoms with E-state index in [4.69, 9.17) is 0 Å². The van der Waals surface area contributed by atoms with E-state index in [0.717, 1.165) is 16.6 Å². The summed E-state index contributed by atoms with van der Waals surface area (Å²) in [4.78, 5) is 4.53. The molecule has 0 saturated carbocycles. The van der Waals surface area contributed by atoms with Crippen LogP contribution >= 0.6 is 27.3 Å². The van der Waals surface area contributed by atoms with Crippen LogP contribution in [0.1, 0.15) is 11.9 Å². The summed E-state index contributed by atoms with van der Waals surface area (Å²) in [6.45, 7) is 2.13. The Labute approximate surface area is 95.9 Å². The number of aromatic nitrogens is 1. The van der Waals surface area contributed by atoms with Crippen molar-refractivity contribution in [3.05, 3.63) is 39.1 Å². The summed E-state index contributed by atoms with van der Waals surface area (Å²) < 4.78 is 1.10. The highest BCUT2D eigenvalue weighted by molar-refractivity contribution is 9.10. The molecule has 0 bridgehead atoms. The molecular formula is C11H10BrNS. The summed E-state index contributed by atoms with van der Waals surface area (Å²) in [5, 5.41) is 3.31. The zero-order chi connectivity index (χ0) is 9.97. The van der Waals surface area contributed by atoms with E-state index in [1.54, 1.807) is 11.3 Å². The molecule has 1 heterocycles. The van der Waals surface area contributed by atoms with Crippen LogP contribution in [0.5, 0.6) is 0 Å². The van der Waals surface area contributed by atoms with Crippen molar-refractivity contribution in [1.82, 2.24) is 4.98 Å². The van der Waals surface area contributed by atoms with Gasteiger partial charge in [0.25, 0.3) is 0 Å². The van der Waals surface area contributed by atoms with E-state index in [-0.39, 0.29) is 0 Å². The van der Waals surface area contributed by atoms with E-state index < -0.39 is 0 Å². The Bertz CT molecular complexity index is 419. The second kappa shape index (κ2) is 4.24. The van der Waals surface area contributed by atoms with E-state index >= 15 is 0 Å². The number of nitrogens with zero attached hydrogens (tertiary/aromatic N) is 1. The molecular weight excluding hydrogens is 258 g/mol. The lowest BCUT2D eigenvalue weighted by molar-refractivity contribution is 1.10. The lowest BCUT2D eigenvalue weighted by atomic mass is 10.2. The number of halogens is 1. The predicted molar refractivity (Wildman–Crippen MR) is 64.6 cm³/mol. The minimum absolute atomic E-state index is 1.02. The monoisotopic (exact) mass is 267 g/mol. The molecule has 0 N–H and O–H groups in total. The number of hydrogen-bond donors (Lipinski definition) is 0. The molecule has 14 heavy (non-hydrogen) atoms. The molecule has 0 unspecified atom stereocenters. The number of hydrogen-bond acceptors (Lipinski definition) is 2. The second-order valence-electron chi connectivity index (χ2n) is 2.99. The Hall–Kier alpha value is -0.670. The van der Waals surface area contributed by atoms with Gasteiger partial charge in [0.05, 0.1) is 10.7 Å². The standard InChI is InChI=1S/C11H10BrNS/c1-2-11-13-10(7-14-11)8-3-5-9(12)6-4-8/h3-7H,2H2,1H3. The zero-order valence-electron chi connectivity index (χ0n) is 7.83.